The van der Waals surface area contributed by atoms with Gasteiger partial charge in [0, 0.05) is 7.14 Å². The van der Waals surface area contributed by atoms with Crippen molar-refractivity contribution < 1.29 is 19.7 Å². The Labute approximate surface area is 152 Å². The van der Waals surface area contributed by atoms with E-state index in [1.54, 1.807) is 0 Å². The molecule has 0 aliphatic carbocycles. The van der Waals surface area contributed by atoms with Crippen molar-refractivity contribution in [2.45, 2.75) is 26.2 Å². The van der Waals surface area contributed by atoms with Crippen molar-refractivity contribution in [3.8, 4) is 11.5 Å². The monoisotopic (exact) mass is 602 g/mol. The van der Waals surface area contributed by atoms with E-state index in [0.717, 1.165) is 22.8 Å². The van der Waals surface area contributed by atoms with Crippen LogP contribution in [0.4, 0.5) is 0 Å². The molecule has 4 nitrogen and oxygen atoms in total. The number of aromatic hydroxyl groups is 2. The fourth-order valence-corrected chi connectivity index (χ4v) is 3.72. The third kappa shape index (κ3) is 4.22. The van der Waals surface area contributed by atoms with Gasteiger partial charge >= 0.3 is 5.97 Å². The van der Waals surface area contributed by atoms with E-state index >= 15 is 0 Å². The van der Waals surface area contributed by atoms with E-state index in [2.05, 4.69) is 6.92 Å². The summed E-state index contributed by atoms with van der Waals surface area (Å²) in [7, 11) is 0. The summed E-state index contributed by atoms with van der Waals surface area (Å²) in [5.41, 5.74) is 0.0411. The van der Waals surface area contributed by atoms with Gasteiger partial charge in [-0.15, -0.1) is 0 Å². The number of ether oxygens (including phenoxy) is 1. The van der Waals surface area contributed by atoms with Crippen molar-refractivity contribution in [3.05, 3.63) is 16.3 Å². The number of rotatable bonds is 5. The van der Waals surface area contributed by atoms with Gasteiger partial charge in [-0.1, -0.05) is 19.8 Å². The first-order valence-electron chi connectivity index (χ1n) is 5.67. The fourth-order valence-electron chi connectivity index (χ4n) is 1.41. The van der Waals surface area contributed by atoms with Gasteiger partial charge in [0.1, 0.15) is 5.56 Å². The van der Waals surface area contributed by atoms with Crippen LogP contribution in [-0.4, -0.2) is 22.8 Å². The number of hydrogen-bond donors (Lipinski definition) is 2. The van der Waals surface area contributed by atoms with Crippen LogP contribution in [0.25, 0.3) is 0 Å². The molecule has 0 bridgehead atoms. The Morgan fingerprint density at radius 3 is 2.26 bits per heavy atom. The van der Waals surface area contributed by atoms with Gasteiger partial charge in [-0.3, -0.25) is 0 Å². The van der Waals surface area contributed by atoms with Crippen LogP contribution in [-0.2, 0) is 4.74 Å². The van der Waals surface area contributed by atoms with Crippen molar-refractivity contribution in [1.29, 1.82) is 0 Å². The van der Waals surface area contributed by atoms with Gasteiger partial charge in [0.05, 0.1) is 10.2 Å². The average Bonchev–Trinajstić information content (AvgIpc) is 2.39. The van der Waals surface area contributed by atoms with Crippen LogP contribution in [0.3, 0.4) is 0 Å². The number of phenolic OH excluding ortho intramolecular Hbond substituents is 2. The molecule has 0 aromatic heterocycles. The molecule has 0 fully saturated rings. The smallest absolute Gasteiger partial charge is 0.343 e. The van der Waals surface area contributed by atoms with Gasteiger partial charge in [0.15, 0.2) is 11.5 Å². The molecule has 1 rings (SSSR count). The van der Waals surface area contributed by atoms with E-state index < -0.39 is 11.7 Å². The van der Waals surface area contributed by atoms with Crippen LogP contribution in [0.5, 0.6) is 11.5 Å². The molecule has 7 heteroatoms. The molecule has 106 valence electrons. The zero-order chi connectivity index (χ0) is 14.6. The topological polar surface area (TPSA) is 66.8 Å². The number of phenols is 2. The highest BCUT2D eigenvalue weighted by Crippen LogP contribution is 2.40. The summed E-state index contributed by atoms with van der Waals surface area (Å²) >= 11 is 5.93. The molecule has 1 aromatic carbocycles. The van der Waals surface area contributed by atoms with Gasteiger partial charge in [-0.05, 0) is 74.2 Å². The number of unbranched alkanes of at least 4 members (excludes halogenated alkanes) is 2. The maximum Gasteiger partial charge on any atom is 0.343 e. The van der Waals surface area contributed by atoms with Crippen molar-refractivity contribution in [2.24, 2.45) is 0 Å². The Bertz CT molecular complexity index is 459. The summed E-state index contributed by atoms with van der Waals surface area (Å²) in [4.78, 5) is 12.0. The van der Waals surface area contributed by atoms with Crippen molar-refractivity contribution in [1.82, 2.24) is 0 Å². The number of carbonyl (C=O) groups is 1. The third-order valence-corrected chi connectivity index (χ3v) is 7.73. The van der Waals surface area contributed by atoms with Gasteiger partial charge in [-0.2, -0.15) is 0 Å². The van der Waals surface area contributed by atoms with Crippen LogP contribution >= 0.6 is 67.8 Å². The molecule has 0 heterocycles. The SMILES string of the molecule is CCCCCOC(=O)c1c(O)c(O)c(I)c(I)c1I. The highest BCUT2D eigenvalue weighted by atomic mass is 127. The number of benzene rings is 1. The van der Waals surface area contributed by atoms with Gasteiger partial charge in [0.25, 0.3) is 0 Å². The highest BCUT2D eigenvalue weighted by Gasteiger charge is 2.25. The first-order chi connectivity index (χ1) is 8.91. The Kier molecular flexibility index (Phi) is 7.43. The number of carbonyl (C=O) groups excluding carboxylic acids is 1. The lowest BCUT2D eigenvalue weighted by Gasteiger charge is -2.12. The predicted octanol–water partition coefficient (Wildman–Crippen LogP) is 4.26. The summed E-state index contributed by atoms with van der Waals surface area (Å²) in [6, 6.07) is 0. The molecule has 0 radical (unpaired) electrons. The molecule has 0 saturated carbocycles. The lowest BCUT2D eigenvalue weighted by molar-refractivity contribution is 0.0492. The Balaban J connectivity index is 2.97. The van der Waals surface area contributed by atoms with E-state index in [9.17, 15) is 15.0 Å². The van der Waals surface area contributed by atoms with E-state index in [0.29, 0.717) is 13.7 Å². The predicted molar refractivity (Wildman–Crippen MR) is 97.7 cm³/mol. The second-order valence-electron chi connectivity index (χ2n) is 3.86. The maximum absolute atomic E-state index is 12.0. The highest BCUT2D eigenvalue weighted by molar-refractivity contribution is 14.1. The lowest BCUT2D eigenvalue weighted by Crippen LogP contribution is -2.10. The Hall–Kier alpha value is 0.480. The second-order valence-corrected chi connectivity index (χ2v) is 7.09. The summed E-state index contributed by atoms with van der Waals surface area (Å²) in [5.74, 6) is -1.27. The molecule has 0 atom stereocenters. The molecule has 0 aliphatic heterocycles. The van der Waals surface area contributed by atoms with Gasteiger partial charge in [-0.25, -0.2) is 4.79 Å². The maximum atomic E-state index is 12.0. The zero-order valence-electron chi connectivity index (χ0n) is 10.2. The van der Waals surface area contributed by atoms with E-state index in [1.165, 1.54) is 0 Å². The molecule has 0 unspecified atom stereocenters. The number of halogens is 3. The second kappa shape index (κ2) is 8.05. The summed E-state index contributed by atoms with van der Waals surface area (Å²) in [5, 5.41) is 19.7. The fraction of sp³-hybridized carbons (Fsp3) is 0.417. The number of esters is 1. The molecule has 0 amide bonds. The van der Waals surface area contributed by atoms with Gasteiger partial charge in [0.2, 0.25) is 0 Å². The van der Waals surface area contributed by atoms with Crippen LogP contribution in [0.1, 0.15) is 36.5 Å². The minimum atomic E-state index is -0.595. The van der Waals surface area contributed by atoms with E-state index in [4.69, 9.17) is 4.74 Å². The molecular weight excluding hydrogens is 589 g/mol. The molecular formula is C12H13I3O4. The normalized spacial score (nSPS) is 10.5. The minimum Gasteiger partial charge on any atom is -0.504 e. The summed E-state index contributed by atoms with van der Waals surface area (Å²) in [6.07, 6.45) is 2.83. The van der Waals surface area contributed by atoms with Crippen LogP contribution < -0.4 is 0 Å². The molecule has 0 aliphatic rings. The van der Waals surface area contributed by atoms with Crippen LogP contribution in [0, 0.1) is 10.7 Å². The summed E-state index contributed by atoms with van der Waals surface area (Å²) in [6.45, 7) is 2.39. The minimum absolute atomic E-state index is 0.0411. The first-order valence-corrected chi connectivity index (χ1v) is 8.90. The average molecular weight is 602 g/mol. The van der Waals surface area contributed by atoms with E-state index in [-0.39, 0.29) is 11.3 Å². The zero-order valence-corrected chi connectivity index (χ0v) is 16.6. The largest absolute Gasteiger partial charge is 0.504 e. The quantitative estimate of drug-likeness (QED) is 0.174. The standard InChI is InChI=1S/C12H13I3O4/c1-2-3-4-5-19-12(18)6-7(13)8(14)9(15)11(17)10(6)16/h16-17H,2-5H2,1H3. The molecule has 19 heavy (non-hydrogen) atoms. The molecule has 1 aromatic rings. The van der Waals surface area contributed by atoms with Crippen molar-refractivity contribution in [3.63, 3.8) is 0 Å². The molecule has 0 spiro atoms. The molecule has 2 N–H and O–H groups in total. The van der Waals surface area contributed by atoms with Crippen molar-refractivity contribution >= 4 is 73.7 Å². The number of hydrogen-bond acceptors (Lipinski definition) is 4. The van der Waals surface area contributed by atoms with E-state index in [1.807, 2.05) is 67.8 Å². The third-order valence-electron chi connectivity index (χ3n) is 2.46. The summed E-state index contributed by atoms with van der Waals surface area (Å²) < 4.78 is 6.98. The van der Waals surface area contributed by atoms with Crippen LogP contribution in [0.2, 0.25) is 0 Å². The van der Waals surface area contributed by atoms with Crippen LogP contribution in [0.15, 0.2) is 0 Å². The van der Waals surface area contributed by atoms with Gasteiger partial charge < -0.3 is 14.9 Å². The molecule has 0 saturated heterocycles. The Morgan fingerprint density at radius 2 is 1.68 bits per heavy atom. The van der Waals surface area contributed by atoms with Crippen molar-refractivity contribution in [2.75, 3.05) is 6.61 Å². The first kappa shape index (κ1) is 17.5. The Morgan fingerprint density at radius 1 is 1.05 bits per heavy atom. The lowest BCUT2D eigenvalue weighted by atomic mass is 10.2.